The molecule has 3 rings (SSSR count). The van der Waals surface area contributed by atoms with Gasteiger partial charge in [-0.05, 0) is 25.5 Å². The molecule has 2 aromatic carbocycles. The average molecular weight is 345 g/mol. The Labute approximate surface area is 144 Å². The molecule has 0 bridgehead atoms. The van der Waals surface area contributed by atoms with Gasteiger partial charge < -0.3 is 5.84 Å². The van der Waals surface area contributed by atoms with Gasteiger partial charge in [-0.1, -0.05) is 71.4 Å². The number of hydrogen-bond acceptors (Lipinski definition) is 4. The molecule has 3 aromatic rings. The highest BCUT2D eigenvalue weighted by Crippen LogP contribution is 2.37. The Kier molecular flexibility index (Phi) is 4.59. The molecule has 0 aliphatic carbocycles. The van der Waals surface area contributed by atoms with Crippen molar-refractivity contribution >= 4 is 23.4 Å². The third-order valence-electron chi connectivity index (χ3n) is 3.60. The molecular weight excluding hydrogens is 328 g/mol. The first-order valence-electron chi connectivity index (χ1n) is 7.25. The first-order valence-corrected chi connectivity index (χ1v) is 8.50. The first kappa shape index (κ1) is 15.9. The second kappa shape index (κ2) is 6.64. The van der Waals surface area contributed by atoms with Crippen LogP contribution in [0.1, 0.15) is 23.3 Å². The fourth-order valence-corrected chi connectivity index (χ4v) is 3.58. The van der Waals surface area contributed by atoms with Gasteiger partial charge in [0.2, 0.25) is 5.16 Å². The zero-order valence-electron chi connectivity index (χ0n) is 12.9. The monoisotopic (exact) mass is 344 g/mol. The van der Waals surface area contributed by atoms with E-state index in [1.807, 2.05) is 55.5 Å². The summed E-state index contributed by atoms with van der Waals surface area (Å²) < 4.78 is 1.53. The van der Waals surface area contributed by atoms with E-state index in [0.717, 1.165) is 16.1 Å². The molecule has 2 N–H and O–H groups in total. The second-order valence-electron chi connectivity index (χ2n) is 5.32. The van der Waals surface area contributed by atoms with E-state index in [-0.39, 0.29) is 5.25 Å². The van der Waals surface area contributed by atoms with Gasteiger partial charge in [0, 0.05) is 15.8 Å². The van der Waals surface area contributed by atoms with Crippen molar-refractivity contribution in [2.24, 2.45) is 0 Å². The van der Waals surface area contributed by atoms with Crippen LogP contribution in [0, 0.1) is 6.92 Å². The molecule has 0 spiro atoms. The number of hydrogen-bond donors (Lipinski definition) is 1. The first-order chi connectivity index (χ1) is 11.1. The van der Waals surface area contributed by atoms with Crippen LogP contribution >= 0.6 is 23.4 Å². The molecule has 1 heterocycles. The van der Waals surface area contributed by atoms with Crippen LogP contribution in [0.2, 0.25) is 5.02 Å². The number of nitrogens with zero attached hydrogens (tertiary/aromatic N) is 3. The van der Waals surface area contributed by atoms with E-state index < -0.39 is 0 Å². The molecule has 1 atom stereocenters. The number of aryl methyl sites for hydroxylation is 1. The van der Waals surface area contributed by atoms with Crippen molar-refractivity contribution in [3.8, 4) is 11.4 Å². The molecule has 6 heteroatoms. The smallest absolute Gasteiger partial charge is 0.210 e. The van der Waals surface area contributed by atoms with Crippen LogP contribution < -0.4 is 5.84 Å². The molecule has 1 unspecified atom stereocenters. The van der Waals surface area contributed by atoms with Crippen LogP contribution in [0.25, 0.3) is 11.4 Å². The van der Waals surface area contributed by atoms with E-state index in [9.17, 15) is 0 Å². The Morgan fingerprint density at radius 1 is 1.09 bits per heavy atom. The molecule has 4 nitrogen and oxygen atoms in total. The van der Waals surface area contributed by atoms with Crippen molar-refractivity contribution < 1.29 is 0 Å². The predicted octanol–water partition coefficient (Wildman–Crippen LogP) is 4.47. The summed E-state index contributed by atoms with van der Waals surface area (Å²) in [5.41, 5.74) is 3.20. The minimum absolute atomic E-state index is 0.126. The maximum absolute atomic E-state index is 6.25. The summed E-state index contributed by atoms with van der Waals surface area (Å²) in [5.74, 6) is 6.83. The molecule has 118 valence electrons. The van der Waals surface area contributed by atoms with Gasteiger partial charge in [0.15, 0.2) is 5.82 Å². The van der Waals surface area contributed by atoms with Crippen LogP contribution in [0.3, 0.4) is 0 Å². The van der Waals surface area contributed by atoms with Crippen molar-refractivity contribution in [2.75, 3.05) is 5.84 Å². The lowest BCUT2D eigenvalue weighted by atomic mass is 10.1. The molecule has 0 amide bonds. The van der Waals surface area contributed by atoms with Crippen molar-refractivity contribution in [3.05, 3.63) is 64.7 Å². The summed E-state index contributed by atoms with van der Waals surface area (Å²) in [7, 11) is 0. The number of nitrogens with two attached hydrogens (primary N) is 1. The fourth-order valence-electron chi connectivity index (χ4n) is 2.28. The van der Waals surface area contributed by atoms with E-state index in [1.54, 1.807) is 0 Å². The molecule has 1 aromatic heterocycles. The van der Waals surface area contributed by atoms with Crippen LogP contribution in [0.4, 0.5) is 0 Å². The van der Waals surface area contributed by atoms with E-state index in [2.05, 4.69) is 17.1 Å². The van der Waals surface area contributed by atoms with Gasteiger partial charge in [-0.15, -0.1) is 10.2 Å². The summed E-state index contributed by atoms with van der Waals surface area (Å²) in [5, 5.41) is 9.97. The van der Waals surface area contributed by atoms with Crippen molar-refractivity contribution in [1.82, 2.24) is 14.9 Å². The van der Waals surface area contributed by atoms with E-state index >= 15 is 0 Å². The molecule has 0 radical (unpaired) electrons. The zero-order chi connectivity index (χ0) is 16.4. The summed E-state index contributed by atoms with van der Waals surface area (Å²) in [6, 6.07) is 15.8. The molecule has 0 saturated carbocycles. The lowest BCUT2D eigenvalue weighted by Gasteiger charge is -2.12. The summed E-state index contributed by atoms with van der Waals surface area (Å²) >= 11 is 7.79. The summed E-state index contributed by atoms with van der Waals surface area (Å²) in [6.07, 6.45) is 0. The third kappa shape index (κ3) is 3.35. The second-order valence-corrected chi connectivity index (χ2v) is 7.04. The van der Waals surface area contributed by atoms with Crippen LogP contribution in [0.5, 0.6) is 0 Å². The van der Waals surface area contributed by atoms with Gasteiger partial charge >= 0.3 is 0 Å². The van der Waals surface area contributed by atoms with Gasteiger partial charge in [-0.2, -0.15) is 0 Å². The normalized spacial score (nSPS) is 12.3. The molecule has 0 aliphatic rings. The summed E-state index contributed by atoms with van der Waals surface area (Å²) in [6.45, 7) is 4.12. The number of benzene rings is 2. The summed E-state index contributed by atoms with van der Waals surface area (Å²) in [4.78, 5) is 0. The molecule has 0 fully saturated rings. The minimum atomic E-state index is 0.126. The Bertz CT molecular complexity index is 814. The van der Waals surface area contributed by atoms with E-state index in [1.165, 1.54) is 22.0 Å². The highest BCUT2D eigenvalue weighted by Gasteiger charge is 2.17. The van der Waals surface area contributed by atoms with Crippen molar-refractivity contribution in [3.63, 3.8) is 0 Å². The number of halogens is 1. The Morgan fingerprint density at radius 2 is 1.78 bits per heavy atom. The quantitative estimate of drug-likeness (QED) is 0.560. The Balaban J connectivity index is 1.85. The lowest BCUT2D eigenvalue weighted by Crippen LogP contribution is -2.12. The third-order valence-corrected chi connectivity index (χ3v) is 5.04. The predicted molar refractivity (Wildman–Crippen MR) is 96.1 cm³/mol. The van der Waals surface area contributed by atoms with Gasteiger partial charge in [-0.25, -0.2) is 4.68 Å². The van der Waals surface area contributed by atoms with Gasteiger partial charge in [-0.3, -0.25) is 0 Å². The van der Waals surface area contributed by atoms with Gasteiger partial charge in [0.25, 0.3) is 0 Å². The van der Waals surface area contributed by atoms with E-state index in [4.69, 9.17) is 17.4 Å². The fraction of sp³-hybridized carbons (Fsp3) is 0.176. The topological polar surface area (TPSA) is 56.7 Å². The van der Waals surface area contributed by atoms with Gasteiger partial charge in [0.05, 0.1) is 0 Å². The molecular formula is C17H17ClN4S. The van der Waals surface area contributed by atoms with E-state index in [0.29, 0.717) is 11.0 Å². The SMILES string of the molecule is Cc1ccc(-c2nnc(SC(C)c3ccccc3Cl)n2N)cc1. The zero-order valence-corrected chi connectivity index (χ0v) is 14.5. The molecule has 0 aliphatic heterocycles. The Morgan fingerprint density at radius 3 is 2.48 bits per heavy atom. The molecule has 0 saturated heterocycles. The minimum Gasteiger partial charge on any atom is -0.335 e. The number of thioether (sulfide) groups is 1. The number of nitrogen functional groups attached to an aromatic ring is 1. The lowest BCUT2D eigenvalue weighted by molar-refractivity contribution is 0.844. The van der Waals surface area contributed by atoms with Crippen molar-refractivity contribution in [1.29, 1.82) is 0 Å². The van der Waals surface area contributed by atoms with Gasteiger partial charge in [0.1, 0.15) is 0 Å². The highest BCUT2D eigenvalue weighted by molar-refractivity contribution is 7.99. The van der Waals surface area contributed by atoms with Crippen LogP contribution in [0.15, 0.2) is 53.7 Å². The van der Waals surface area contributed by atoms with Crippen molar-refractivity contribution in [2.45, 2.75) is 24.3 Å². The maximum atomic E-state index is 6.25. The molecule has 23 heavy (non-hydrogen) atoms. The van der Waals surface area contributed by atoms with Crippen LogP contribution in [-0.4, -0.2) is 14.9 Å². The largest absolute Gasteiger partial charge is 0.335 e. The Hall–Kier alpha value is -1.98. The maximum Gasteiger partial charge on any atom is 0.210 e. The number of rotatable bonds is 4. The average Bonchev–Trinajstić information content (AvgIpc) is 2.89. The highest BCUT2D eigenvalue weighted by atomic mass is 35.5. The standard InChI is InChI=1S/C17H17ClN4S/c1-11-7-9-13(10-8-11)16-20-21-17(22(16)19)23-12(2)14-5-3-4-6-15(14)18/h3-10,12H,19H2,1-2H3. The number of aromatic nitrogens is 3. The van der Waals surface area contributed by atoms with Crippen LogP contribution in [-0.2, 0) is 0 Å².